The lowest BCUT2D eigenvalue weighted by atomic mass is 10.1. The zero-order chi connectivity index (χ0) is 19.5. The first-order valence-corrected chi connectivity index (χ1v) is 10.2. The molecular weight excluding hydrogens is 407 g/mol. The van der Waals surface area contributed by atoms with Crippen LogP contribution in [-0.2, 0) is 0 Å². The number of hydrogen-bond donors (Lipinski definition) is 1. The van der Waals surface area contributed by atoms with E-state index in [1.807, 2.05) is 62.4 Å². The van der Waals surface area contributed by atoms with E-state index in [2.05, 4.69) is 5.32 Å². The number of alkyl halides is 3. The smallest absolute Gasteiger partial charge is 0.257 e. The number of nitrogens with zero attached hydrogens (tertiary/aromatic N) is 1. The Morgan fingerprint density at radius 3 is 1.70 bits per heavy atom. The number of quaternary nitrogens is 1. The molecule has 0 radical (unpaired) electrons. The standard InChI is InChI=1S/C20H24Cl3N2O2/c1-3-26-17-9-5-15(6-10-17)25(14-13-24-19(25)20(21,22)23)16-7-11-18(12-8-16)27-4-2/h5-12,19,24H,3-4,13-14H2,1-2H3/q+1. The van der Waals surface area contributed by atoms with Gasteiger partial charge >= 0.3 is 0 Å². The summed E-state index contributed by atoms with van der Waals surface area (Å²) in [7, 11) is 0. The Morgan fingerprint density at radius 2 is 1.33 bits per heavy atom. The summed E-state index contributed by atoms with van der Waals surface area (Å²) in [6.07, 6.45) is -0.418. The van der Waals surface area contributed by atoms with E-state index in [-0.39, 0.29) is 0 Å². The van der Waals surface area contributed by atoms with Gasteiger partial charge in [0.1, 0.15) is 29.4 Å². The van der Waals surface area contributed by atoms with Gasteiger partial charge in [0.15, 0.2) is 0 Å². The topological polar surface area (TPSA) is 30.5 Å². The quantitative estimate of drug-likeness (QED) is 0.490. The highest BCUT2D eigenvalue weighted by Gasteiger charge is 2.55. The molecule has 0 spiro atoms. The van der Waals surface area contributed by atoms with Crippen molar-refractivity contribution in [1.82, 2.24) is 9.80 Å². The van der Waals surface area contributed by atoms with Gasteiger partial charge in [-0.3, -0.25) is 5.32 Å². The van der Waals surface area contributed by atoms with Crippen LogP contribution >= 0.6 is 34.8 Å². The van der Waals surface area contributed by atoms with Crippen molar-refractivity contribution in [2.45, 2.75) is 23.8 Å². The average Bonchev–Trinajstić information content (AvgIpc) is 3.10. The van der Waals surface area contributed by atoms with Gasteiger partial charge in [0, 0.05) is 24.3 Å². The third kappa shape index (κ3) is 4.15. The Labute approximate surface area is 175 Å². The Kier molecular flexibility index (Phi) is 6.44. The van der Waals surface area contributed by atoms with Gasteiger partial charge in [-0.25, -0.2) is 4.48 Å². The molecule has 0 aromatic heterocycles. The van der Waals surface area contributed by atoms with Crippen molar-refractivity contribution in [3.05, 3.63) is 48.5 Å². The summed E-state index contributed by atoms with van der Waals surface area (Å²) in [5, 5.41) is 3.38. The van der Waals surface area contributed by atoms with E-state index in [9.17, 15) is 0 Å². The van der Waals surface area contributed by atoms with Crippen molar-refractivity contribution >= 4 is 46.2 Å². The maximum atomic E-state index is 6.39. The first-order chi connectivity index (χ1) is 12.9. The number of halogens is 3. The lowest BCUT2D eigenvalue weighted by molar-refractivity contribution is 0.330. The molecule has 2 aromatic carbocycles. The highest BCUT2D eigenvalue weighted by molar-refractivity contribution is 6.68. The molecule has 1 saturated heterocycles. The van der Waals surface area contributed by atoms with Crippen molar-refractivity contribution in [2.24, 2.45) is 0 Å². The minimum absolute atomic E-state index is 0.398. The van der Waals surface area contributed by atoms with Gasteiger partial charge in [0.2, 0.25) is 6.17 Å². The number of benzene rings is 2. The summed E-state index contributed by atoms with van der Waals surface area (Å²) in [4.78, 5) is 0. The molecule has 1 aliphatic heterocycles. The second-order valence-electron chi connectivity index (χ2n) is 6.34. The Morgan fingerprint density at radius 1 is 0.889 bits per heavy atom. The molecule has 1 N–H and O–H groups in total. The van der Waals surface area contributed by atoms with E-state index in [1.54, 1.807) is 0 Å². The van der Waals surface area contributed by atoms with Gasteiger partial charge in [-0.15, -0.1) is 0 Å². The second-order valence-corrected chi connectivity index (χ2v) is 8.71. The summed E-state index contributed by atoms with van der Waals surface area (Å²) >= 11 is 19.2. The zero-order valence-electron chi connectivity index (χ0n) is 15.4. The molecule has 1 atom stereocenters. The summed E-state index contributed by atoms with van der Waals surface area (Å²) in [5.41, 5.74) is 2.06. The molecule has 4 nitrogen and oxygen atoms in total. The van der Waals surface area contributed by atoms with Crippen LogP contribution in [0.2, 0.25) is 0 Å². The van der Waals surface area contributed by atoms with Crippen molar-refractivity contribution in [3.8, 4) is 11.5 Å². The van der Waals surface area contributed by atoms with Crippen molar-refractivity contribution in [1.29, 1.82) is 0 Å². The SMILES string of the molecule is CCOc1ccc([N+]2(c3ccc(OCC)cc3)CCNC2C(Cl)(Cl)Cl)cc1. The maximum absolute atomic E-state index is 6.39. The van der Waals surface area contributed by atoms with E-state index in [0.717, 1.165) is 36.0 Å². The lowest BCUT2D eigenvalue weighted by Gasteiger charge is -2.41. The van der Waals surface area contributed by atoms with Crippen LogP contribution in [0.15, 0.2) is 48.5 Å². The Bertz CT molecular complexity index is 696. The minimum Gasteiger partial charge on any atom is -0.494 e. The highest BCUT2D eigenvalue weighted by Crippen LogP contribution is 2.47. The monoisotopic (exact) mass is 429 g/mol. The lowest BCUT2D eigenvalue weighted by Crippen LogP contribution is -2.58. The normalized spacial score (nSPS) is 19.1. The minimum atomic E-state index is -1.48. The van der Waals surface area contributed by atoms with E-state index in [1.165, 1.54) is 0 Å². The van der Waals surface area contributed by atoms with E-state index in [0.29, 0.717) is 17.7 Å². The third-order valence-electron chi connectivity index (χ3n) is 4.77. The molecular formula is C20H24Cl3N2O2+. The number of nitrogens with one attached hydrogen (secondary N) is 1. The summed E-state index contributed by atoms with van der Waals surface area (Å²) in [5.74, 6) is 1.65. The maximum Gasteiger partial charge on any atom is 0.257 e. The van der Waals surface area contributed by atoms with Crippen LogP contribution in [0, 0.1) is 0 Å². The Balaban J connectivity index is 2.09. The van der Waals surface area contributed by atoms with E-state index in [4.69, 9.17) is 44.3 Å². The first-order valence-electron chi connectivity index (χ1n) is 9.06. The van der Waals surface area contributed by atoms with Crippen LogP contribution in [0.25, 0.3) is 0 Å². The molecule has 1 fully saturated rings. The average molecular weight is 431 g/mol. The molecule has 7 heteroatoms. The predicted octanol–water partition coefficient (Wildman–Crippen LogP) is 5.42. The van der Waals surface area contributed by atoms with Crippen molar-refractivity contribution in [3.63, 3.8) is 0 Å². The second kappa shape index (κ2) is 8.46. The van der Waals surface area contributed by atoms with Crippen molar-refractivity contribution in [2.75, 3.05) is 26.3 Å². The van der Waals surface area contributed by atoms with E-state index < -0.39 is 9.96 Å². The Hall–Kier alpha value is -1.17. The predicted molar refractivity (Wildman–Crippen MR) is 114 cm³/mol. The number of hydrogen-bond acceptors (Lipinski definition) is 3. The molecule has 0 amide bonds. The third-order valence-corrected chi connectivity index (χ3v) is 5.39. The molecule has 0 saturated carbocycles. The van der Waals surface area contributed by atoms with Gasteiger partial charge in [-0.05, 0) is 38.1 Å². The van der Waals surface area contributed by atoms with E-state index >= 15 is 0 Å². The van der Waals surface area contributed by atoms with Crippen LogP contribution in [-0.4, -0.2) is 36.3 Å². The van der Waals surface area contributed by atoms with Gasteiger partial charge < -0.3 is 9.47 Å². The van der Waals surface area contributed by atoms with Crippen LogP contribution in [0.4, 0.5) is 11.4 Å². The summed E-state index contributed by atoms with van der Waals surface area (Å²) in [6.45, 7) is 6.67. The van der Waals surface area contributed by atoms with Crippen molar-refractivity contribution < 1.29 is 9.47 Å². The van der Waals surface area contributed by atoms with Gasteiger partial charge in [0.05, 0.1) is 19.8 Å². The van der Waals surface area contributed by atoms with Crippen LogP contribution in [0.1, 0.15) is 13.8 Å². The molecule has 0 aliphatic carbocycles. The molecule has 1 heterocycles. The fourth-order valence-electron chi connectivity index (χ4n) is 3.68. The molecule has 27 heavy (non-hydrogen) atoms. The number of rotatable bonds is 6. The molecule has 2 aromatic rings. The fourth-order valence-corrected chi connectivity index (χ4v) is 4.41. The summed E-state index contributed by atoms with van der Waals surface area (Å²) < 4.78 is 10.1. The highest BCUT2D eigenvalue weighted by atomic mass is 35.6. The van der Waals surface area contributed by atoms with Gasteiger partial charge in [-0.2, -0.15) is 0 Å². The first kappa shape index (κ1) is 20.6. The zero-order valence-corrected chi connectivity index (χ0v) is 17.7. The molecule has 1 unspecified atom stereocenters. The van der Waals surface area contributed by atoms with Crippen LogP contribution < -0.4 is 19.3 Å². The van der Waals surface area contributed by atoms with Crippen LogP contribution in [0.5, 0.6) is 11.5 Å². The van der Waals surface area contributed by atoms with Crippen LogP contribution in [0.3, 0.4) is 0 Å². The fraction of sp³-hybridized carbons (Fsp3) is 0.400. The van der Waals surface area contributed by atoms with Gasteiger partial charge in [0.25, 0.3) is 3.79 Å². The number of ether oxygens (including phenoxy) is 2. The van der Waals surface area contributed by atoms with Gasteiger partial charge in [-0.1, -0.05) is 34.8 Å². The molecule has 3 rings (SSSR count). The molecule has 146 valence electrons. The summed E-state index contributed by atoms with van der Waals surface area (Å²) in [6, 6.07) is 16.0. The molecule has 0 bridgehead atoms. The molecule has 1 aliphatic rings. The largest absolute Gasteiger partial charge is 0.494 e.